The molecule has 2 rings (SSSR count). The van der Waals surface area contributed by atoms with Crippen LogP contribution in [0.25, 0.3) is 0 Å². The first-order chi connectivity index (χ1) is 9.30. The molecule has 0 spiro atoms. The summed E-state index contributed by atoms with van der Waals surface area (Å²) in [6, 6.07) is 5.05. The van der Waals surface area contributed by atoms with Crippen molar-refractivity contribution in [3.05, 3.63) is 33.9 Å². The number of benzene rings is 1. The van der Waals surface area contributed by atoms with Crippen molar-refractivity contribution in [2.45, 2.75) is 30.7 Å². The SMILES string of the molecule is Cc1[c]c(S(=O)(=O)N2CCC(N)CC2)cc([N+](=O)[O-])c1. The lowest BCUT2D eigenvalue weighted by Crippen LogP contribution is -2.42. The molecule has 2 N–H and O–H groups in total. The standard InChI is InChI=1S/C12H16N3O4S/c1-9-6-11(15(16)17)8-12(7-9)20(18,19)14-4-2-10(13)3-5-14/h6,8,10H,2-5,13H2,1H3. The molecule has 1 fully saturated rings. The van der Waals surface area contributed by atoms with Crippen LogP contribution < -0.4 is 5.73 Å². The molecule has 1 heterocycles. The molecule has 20 heavy (non-hydrogen) atoms. The third-order valence-corrected chi connectivity index (χ3v) is 5.11. The summed E-state index contributed by atoms with van der Waals surface area (Å²) in [7, 11) is -3.75. The molecule has 1 radical (unpaired) electrons. The Kier molecular flexibility index (Phi) is 4.07. The highest BCUT2D eigenvalue weighted by Crippen LogP contribution is 2.24. The van der Waals surface area contributed by atoms with E-state index in [0.29, 0.717) is 31.5 Å². The first kappa shape index (κ1) is 14.9. The molecule has 1 aliphatic heterocycles. The van der Waals surface area contributed by atoms with Gasteiger partial charge in [-0.05, 0) is 25.3 Å². The maximum absolute atomic E-state index is 12.5. The average Bonchev–Trinajstić information content (AvgIpc) is 2.38. The van der Waals surface area contributed by atoms with E-state index in [-0.39, 0.29) is 16.6 Å². The normalized spacial score (nSPS) is 18.1. The van der Waals surface area contributed by atoms with E-state index in [1.54, 1.807) is 6.92 Å². The molecular formula is C12H16N3O4S. The van der Waals surface area contributed by atoms with Crippen LogP contribution in [0.2, 0.25) is 0 Å². The van der Waals surface area contributed by atoms with Crippen LogP contribution in [0.3, 0.4) is 0 Å². The van der Waals surface area contributed by atoms with Crippen LogP contribution in [0, 0.1) is 23.1 Å². The molecule has 1 saturated heterocycles. The maximum Gasteiger partial charge on any atom is 0.271 e. The van der Waals surface area contributed by atoms with E-state index in [4.69, 9.17) is 5.73 Å². The summed E-state index contributed by atoms with van der Waals surface area (Å²) < 4.78 is 26.2. The monoisotopic (exact) mass is 298 g/mol. The van der Waals surface area contributed by atoms with Gasteiger partial charge in [-0.25, -0.2) is 8.42 Å². The number of aryl methyl sites for hydroxylation is 1. The average molecular weight is 298 g/mol. The third kappa shape index (κ3) is 2.97. The van der Waals surface area contributed by atoms with Gasteiger partial charge in [-0.3, -0.25) is 10.1 Å². The summed E-state index contributed by atoms with van der Waals surface area (Å²) >= 11 is 0. The fourth-order valence-electron chi connectivity index (χ4n) is 2.16. The summed E-state index contributed by atoms with van der Waals surface area (Å²) in [5.41, 5.74) is 5.93. The molecule has 1 aromatic rings. The predicted molar refractivity (Wildman–Crippen MR) is 72.6 cm³/mol. The van der Waals surface area contributed by atoms with E-state index >= 15 is 0 Å². The molecular weight excluding hydrogens is 282 g/mol. The first-order valence-corrected chi connectivity index (χ1v) is 7.69. The molecule has 0 aliphatic carbocycles. The van der Waals surface area contributed by atoms with E-state index < -0.39 is 14.9 Å². The van der Waals surface area contributed by atoms with E-state index in [1.807, 2.05) is 0 Å². The van der Waals surface area contributed by atoms with Crippen molar-refractivity contribution in [1.29, 1.82) is 0 Å². The van der Waals surface area contributed by atoms with Crippen LogP contribution in [0.15, 0.2) is 17.0 Å². The minimum atomic E-state index is -3.75. The number of sulfonamides is 1. The van der Waals surface area contributed by atoms with Gasteiger partial charge >= 0.3 is 0 Å². The Labute approximate surface area is 117 Å². The lowest BCUT2D eigenvalue weighted by molar-refractivity contribution is -0.385. The summed E-state index contributed by atoms with van der Waals surface area (Å²) in [6.07, 6.45) is 1.18. The van der Waals surface area contributed by atoms with Crippen molar-refractivity contribution in [1.82, 2.24) is 4.31 Å². The number of piperidine rings is 1. The number of nitro benzene ring substituents is 1. The zero-order chi connectivity index (χ0) is 14.9. The van der Waals surface area contributed by atoms with Gasteiger partial charge in [0.25, 0.3) is 5.69 Å². The van der Waals surface area contributed by atoms with Crippen molar-refractivity contribution >= 4 is 15.7 Å². The van der Waals surface area contributed by atoms with Gasteiger partial charge in [-0.15, -0.1) is 0 Å². The van der Waals surface area contributed by atoms with Crippen LogP contribution >= 0.6 is 0 Å². The van der Waals surface area contributed by atoms with Gasteiger partial charge in [0.1, 0.15) is 0 Å². The Morgan fingerprint density at radius 1 is 1.40 bits per heavy atom. The predicted octanol–water partition coefficient (Wildman–Crippen LogP) is 0.815. The van der Waals surface area contributed by atoms with Crippen LogP contribution in [-0.2, 0) is 10.0 Å². The lowest BCUT2D eigenvalue weighted by atomic mass is 10.1. The molecule has 0 saturated carbocycles. The summed E-state index contributed by atoms with van der Waals surface area (Å²) in [5, 5.41) is 10.8. The summed E-state index contributed by atoms with van der Waals surface area (Å²) in [6.45, 7) is 2.25. The van der Waals surface area contributed by atoms with Crippen molar-refractivity contribution in [3.63, 3.8) is 0 Å². The molecule has 0 amide bonds. The van der Waals surface area contributed by atoms with E-state index in [0.717, 1.165) is 6.07 Å². The van der Waals surface area contributed by atoms with Crippen LogP contribution in [-0.4, -0.2) is 36.8 Å². The number of non-ortho nitro benzene ring substituents is 1. The Bertz CT molecular complexity index is 622. The second kappa shape index (κ2) is 5.47. The Morgan fingerprint density at radius 2 is 2.00 bits per heavy atom. The molecule has 0 atom stereocenters. The Morgan fingerprint density at radius 3 is 2.55 bits per heavy atom. The zero-order valence-electron chi connectivity index (χ0n) is 11.1. The van der Waals surface area contributed by atoms with Gasteiger partial charge in [0.05, 0.1) is 9.82 Å². The molecule has 0 aromatic heterocycles. The second-order valence-electron chi connectivity index (χ2n) is 4.88. The van der Waals surface area contributed by atoms with Crippen LogP contribution in [0.4, 0.5) is 5.69 Å². The number of hydrogen-bond donors (Lipinski definition) is 1. The van der Waals surface area contributed by atoms with Gasteiger partial charge < -0.3 is 5.73 Å². The highest BCUT2D eigenvalue weighted by atomic mass is 32.2. The van der Waals surface area contributed by atoms with Gasteiger partial charge in [0.2, 0.25) is 10.0 Å². The smallest absolute Gasteiger partial charge is 0.271 e. The number of nitrogens with zero attached hydrogens (tertiary/aromatic N) is 2. The molecule has 109 valence electrons. The number of hydrogen-bond acceptors (Lipinski definition) is 5. The molecule has 1 aliphatic rings. The highest BCUT2D eigenvalue weighted by molar-refractivity contribution is 7.89. The van der Waals surface area contributed by atoms with Crippen molar-refractivity contribution in [2.24, 2.45) is 5.73 Å². The minimum Gasteiger partial charge on any atom is -0.328 e. The van der Waals surface area contributed by atoms with Crippen molar-refractivity contribution in [3.8, 4) is 0 Å². The Balaban J connectivity index is 2.36. The van der Waals surface area contributed by atoms with Crippen LogP contribution in [0.5, 0.6) is 0 Å². The topological polar surface area (TPSA) is 107 Å². The first-order valence-electron chi connectivity index (χ1n) is 6.25. The van der Waals surface area contributed by atoms with E-state index in [9.17, 15) is 18.5 Å². The zero-order valence-corrected chi connectivity index (χ0v) is 11.9. The molecule has 0 bridgehead atoms. The third-order valence-electron chi connectivity index (χ3n) is 3.29. The quantitative estimate of drug-likeness (QED) is 0.656. The van der Waals surface area contributed by atoms with Crippen molar-refractivity contribution < 1.29 is 13.3 Å². The lowest BCUT2D eigenvalue weighted by Gasteiger charge is -2.29. The fraction of sp³-hybridized carbons (Fsp3) is 0.500. The molecule has 8 heteroatoms. The van der Waals surface area contributed by atoms with E-state index in [2.05, 4.69) is 6.07 Å². The molecule has 0 unspecified atom stereocenters. The van der Waals surface area contributed by atoms with Gasteiger partial charge in [-0.2, -0.15) is 4.31 Å². The van der Waals surface area contributed by atoms with Crippen molar-refractivity contribution in [2.75, 3.05) is 13.1 Å². The maximum atomic E-state index is 12.5. The Hall–Kier alpha value is -1.51. The number of nitro groups is 1. The second-order valence-corrected chi connectivity index (χ2v) is 6.79. The highest BCUT2D eigenvalue weighted by Gasteiger charge is 2.29. The summed E-state index contributed by atoms with van der Waals surface area (Å²) in [4.78, 5) is 10.1. The van der Waals surface area contributed by atoms with Gasteiger partial charge in [-0.1, -0.05) is 0 Å². The largest absolute Gasteiger partial charge is 0.328 e. The summed E-state index contributed by atoms with van der Waals surface area (Å²) in [5.74, 6) is 0. The minimum absolute atomic E-state index is 0.0114. The van der Waals surface area contributed by atoms with Gasteiger partial charge in [0, 0.05) is 37.3 Å². The number of nitrogens with two attached hydrogens (primary N) is 1. The number of rotatable bonds is 3. The molecule has 7 nitrogen and oxygen atoms in total. The molecule has 1 aromatic carbocycles. The van der Waals surface area contributed by atoms with E-state index in [1.165, 1.54) is 10.4 Å². The van der Waals surface area contributed by atoms with Crippen LogP contribution in [0.1, 0.15) is 18.4 Å². The fourth-order valence-corrected chi connectivity index (χ4v) is 3.69. The van der Waals surface area contributed by atoms with Gasteiger partial charge in [0.15, 0.2) is 0 Å².